The highest BCUT2D eigenvalue weighted by Crippen LogP contribution is 2.33. The van der Waals surface area contributed by atoms with Crippen molar-refractivity contribution in [2.75, 3.05) is 51.7 Å². The minimum absolute atomic E-state index is 0.0406. The van der Waals surface area contributed by atoms with Gasteiger partial charge in [0.25, 0.3) is 5.91 Å². The number of nitrogens with one attached hydrogen (secondary N) is 3. The van der Waals surface area contributed by atoms with Crippen LogP contribution in [0, 0.1) is 24.1 Å². The van der Waals surface area contributed by atoms with Gasteiger partial charge in [0.05, 0.1) is 24.1 Å². The fraction of sp³-hybridized carbons (Fsp3) is 0.400. The van der Waals surface area contributed by atoms with Gasteiger partial charge < -0.3 is 29.7 Å². The number of amides is 2. The molecule has 0 radical (unpaired) electrons. The van der Waals surface area contributed by atoms with Crippen LogP contribution < -0.4 is 20.9 Å². The van der Waals surface area contributed by atoms with Crippen LogP contribution >= 0.6 is 11.6 Å². The summed E-state index contributed by atoms with van der Waals surface area (Å²) in [6.45, 7) is 7.38. The molecule has 12 heteroatoms. The Bertz CT molecular complexity index is 1550. The summed E-state index contributed by atoms with van der Waals surface area (Å²) in [6, 6.07) is 8.13. The van der Waals surface area contributed by atoms with Crippen LogP contribution in [-0.2, 0) is 4.79 Å². The maximum Gasteiger partial charge on any atom is 0.254 e. The van der Waals surface area contributed by atoms with Gasteiger partial charge in [0, 0.05) is 56.4 Å². The zero-order valence-electron chi connectivity index (χ0n) is 23.9. The maximum absolute atomic E-state index is 14.6. The van der Waals surface area contributed by atoms with E-state index in [-0.39, 0.29) is 34.0 Å². The van der Waals surface area contributed by atoms with E-state index in [0.29, 0.717) is 48.8 Å². The van der Waals surface area contributed by atoms with Crippen molar-refractivity contribution in [3.63, 3.8) is 0 Å². The number of halogens is 2. The highest BCUT2D eigenvalue weighted by molar-refractivity contribution is 6.31. The summed E-state index contributed by atoms with van der Waals surface area (Å²) in [5.74, 6) is -0.147. The summed E-state index contributed by atoms with van der Waals surface area (Å²) in [7, 11) is 1.37. The fourth-order valence-electron chi connectivity index (χ4n) is 5.57. The third-order valence-electron chi connectivity index (χ3n) is 8.09. The Morgan fingerprint density at radius 2 is 1.93 bits per heavy atom. The van der Waals surface area contributed by atoms with E-state index in [9.17, 15) is 14.0 Å². The highest BCUT2D eigenvalue weighted by atomic mass is 35.5. The van der Waals surface area contributed by atoms with Crippen molar-refractivity contribution in [1.29, 1.82) is 5.41 Å². The second-order valence-electron chi connectivity index (χ2n) is 10.7. The van der Waals surface area contributed by atoms with Crippen LogP contribution in [0.3, 0.4) is 0 Å². The largest absolute Gasteiger partial charge is 0.494 e. The predicted molar refractivity (Wildman–Crippen MR) is 158 cm³/mol. The zero-order valence-corrected chi connectivity index (χ0v) is 24.7. The van der Waals surface area contributed by atoms with Gasteiger partial charge >= 0.3 is 0 Å². The van der Waals surface area contributed by atoms with E-state index >= 15 is 0 Å². The van der Waals surface area contributed by atoms with Crippen molar-refractivity contribution in [2.24, 2.45) is 5.92 Å². The van der Waals surface area contributed by atoms with Gasteiger partial charge in [0.2, 0.25) is 5.91 Å². The van der Waals surface area contributed by atoms with Gasteiger partial charge in [-0.1, -0.05) is 17.7 Å². The average molecular weight is 596 g/mol. The number of ether oxygens (including phenoxy) is 1. The second-order valence-corrected chi connectivity index (χ2v) is 11.0. The molecule has 3 N–H and O–H groups in total. The molecular weight excluding hydrogens is 561 g/mol. The van der Waals surface area contributed by atoms with Crippen molar-refractivity contribution >= 4 is 34.9 Å². The lowest BCUT2D eigenvalue weighted by molar-refractivity contribution is -0.136. The number of aryl methyl sites for hydroxylation is 1. The number of methoxy groups -OCH3 is 1. The van der Waals surface area contributed by atoms with Crippen LogP contribution in [0.15, 0.2) is 42.7 Å². The van der Waals surface area contributed by atoms with Crippen molar-refractivity contribution in [1.82, 2.24) is 24.7 Å². The third-order valence-corrected chi connectivity index (χ3v) is 8.47. The lowest BCUT2D eigenvalue weighted by Gasteiger charge is -2.36. The molecule has 5 rings (SSSR count). The lowest BCUT2D eigenvalue weighted by atomic mass is 10.0. The molecule has 2 fully saturated rings. The van der Waals surface area contributed by atoms with E-state index in [2.05, 4.69) is 15.6 Å². The first-order valence-electron chi connectivity index (χ1n) is 14.0. The molecule has 3 aromatic rings. The molecule has 2 amide bonds. The number of aromatic nitrogens is 2. The van der Waals surface area contributed by atoms with Crippen molar-refractivity contribution < 1.29 is 18.7 Å². The maximum atomic E-state index is 14.6. The molecule has 10 nitrogen and oxygen atoms in total. The Kier molecular flexibility index (Phi) is 8.79. The molecule has 2 aromatic carbocycles. The van der Waals surface area contributed by atoms with Crippen LogP contribution in [0.25, 0.3) is 0 Å². The number of carbonyl (C=O) groups excluding carboxylic acids is 2. The van der Waals surface area contributed by atoms with Gasteiger partial charge in [-0.2, -0.15) is 0 Å². The predicted octanol–water partition coefficient (Wildman–Crippen LogP) is 3.72. The summed E-state index contributed by atoms with van der Waals surface area (Å²) < 4.78 is 21.2. The number of carbonyl (C=O) groups is 2. The number of anilines is 2. The summed E-state index contributed by atoms with van der Waals surface area (Å²) >= 11 is 6.29. The number of benzene rings is 2. The monoisotopic (exact) mass is 595 g/mol. The molecule has 2 atom stereocenters. The van der Waals surface area contributed by atoms with E-state index < -0.39 is 11.9 Å². The van der Waals surface area contributed by atoms with Gasteiger partial charge in [-0.05, 0) is 62.2 Å². The third kappa shape index (κ3) is 5.84. The van der Waals surface area contributed by atoms with Crippen LogP contribution in [0.1, 0.15) is 40.9 Å². The van der Waals surface area contributed by atoms with Crippen LogP contribution in [0.5, 0.6) is 5.75 Å². The van der Waals surface area contributed by atoms with E-state index in [1.54, 1.807) is 40.1 Å². The van der Waals surface area contributed by atoms with Gasteiger partial charge in [0.1, 0.15) is 0 Å². The Morgan fingerprint density at radius 3 is 2.60 bits per heavy atom. The molecule has 1 aromatic heterocycles. The fourth-order valence-corrected chi connectivity index (χ4v) is 5.88. The minimum Gasteiger partial charge on any atom is -0.494 e. The number of rotatable bonds is 7. The first-order chi connectivity index (χ1) is 20.2. The van der Waals surface area contributed by atoms with E-state index in [1.165, 1.54) is 13.2 Å². The van der Waals surface area contributed by atoms with Crippen LogP contribution in [0.2, 0.25) is 5.02 Å². The van der Waals surface area contributed by atoms with Gasteiger partial charge in [-0.25, -0.2) is 9.37 Å². The van der Waals surface area contributed by atoms with E-state index in [4.69, 9.17) is 21.7 Å². The van der Waals surface area contributed by atoms with E-state index in [0.717, 1.165) is 25.1 Å². The van der Waals surface area contributed by atoms with Gasteiger partial charge in [0.15, 0.2) is 22.9 Å². The number of nitrogens with zero attached hydrogens (tertiary/aromatic N) is 4. The highest BCUT2D eigenvalue weighted by Gasteiger charge is 2.31. The van der Waals surface area contributed by atoms with Crippen molar-refractivity contribution in [3.8, 4) is 5.75 Å². The van der Waals surface area contributed by atoms with Crippen molar-refractivity contribution in [3.05, 3.63) is 75.7 Å². The van der Waals surface area contributed by atoms with Crippen molar-refractivity contribution in [2.45, 2.75) is 26.3 Å². The zero-order chi connectivity index (χ0) is 30.0. The van der Waals surface area contributed by atoms with Crippen LogP contribution in [0.4, 0.5) is 15.9 Å². The Hall–Kier alpha value is -3.96. The Balaban J connectivity index is 1.27. The molecule has 0 bridgehead atoms. The second kappa shape index (κ2) is 12.5. The smallest absolute Gasteiger partial charge is 0.254 e. The summed E-state index contributed by atoms with van der Waals surface area (Å²) in [5.41, 5.74) is 2.63. The molecule has 222 valence electrons. The SMILES string of the molecule is COc1ccc([C@@H](C)n2ccnc(Nc3ccc(C(=O)N4CCN(C(=O)C5CCNC5)CC4)c(C)c3)c2=N)c(Cl)c1F. The number of hydrogen-bond donors (Lipinski definition) is 3. The molecule has 2 aliphatic rings. The lowest BCUT2D eigenvalue weighted by Crippen LogP contribution is -2.52. The first-order valence-corrected chi connectivity index (χ1v) is 14.4. The van der Waals surface area contributed by atoms with E-state index in [1.807, 2.05) is 24.8 Å². The summed E-state index contributed by atoms with van der Waals surface area (Å²) in [6.07, 6.45) is 4.07. The van der Waals surface area contributed by atoms with Gasteiger partial charge in [-0.3, -0.25) is 15.0 Å². The summed E-state index contributed by atoms with van der Waals surface area (Å²) in [4.78, 5) is 34.0. The average Bonchev–Trinajstić information content (AvgIpc) is 3.54. The molecule has 0 spiro atoms. The molecule has 1 unspecified atom stereocenters. The summed E-state index contributed by atoms with van der Waals surface area (Å²) in [5, 5.41) is 15.1. The quantitative estimate of drug-likeness (QED) is 0.384. The number of piperazine rings is 1. The Labute approximate surface area is 249 Å². The molecule has 2 saturated heterocycles. The molecule has 42 heavy (non-hydrogen) atoms. The van der Waals surface area contributed by atoms with Crippen LogP contribution in [-0.4, -0.2) is 77.5 Å². The molecule has 2 aliphatic heterocycles. The molecule has 0 aliphatic carbocycles. The molecule has 0 saturated carbocycles. The molecular formula is C30H35ClFN7O3. The topological polar surface area (TPSA) is 116 Å². The standard InChI is InChI=1S/C30H35ClFN7O3/c1-18-16-21(4-5-22(18)30(41)38-14-12-37(13-15-38)29(40)20-8-9-34-17-20)36-28-27(33)39(11-10-35-28)19(2)23-6-7-24(42-3)26(32)25(23)31/h4-7,10-11,16,19-20,33-34H,8-9,12-15,17H2,1-3H3,(H,35,36)/t19-,20?/m1/s1. The Morgan fingerprint density at radius 1 is 1.19 bits per heavy atom. The van der Waals surface area contributed by atoms with Gasteiger partial charge in [-0.15, -0.1) is 0 Å². The first kappa shape index (κ1) is 29.5. The number of hydrogen-bond acceptors (Lipinski definition) is 7. The minimum atomic E-state index is -0.648. The molecule has 3 heterocycles. The normalized spacial score (nSPS) is 17.7.